The summed E-state index contributed by atoms with van der Waals surface area (Å²) in [5.74, 6) is 6.89. The zero-order chi connectivity index (χ0) is 25.3. The molecule has 2 aromatic carbocycles. The van der Waals surface area contributed by atoms with E-state index in [1.54, 1.807) is 6.07 Å². The Balaban J connectivity index is 1.99. The highest BCUT2D eigenvalue weighted by molar-refractivity contribution is 6.32. The van der Waals surface area contributed by atoms with Crippen LogP contribution < -0.4 is 21.1 Å². The highest BCUT2D eigenvalue weighted by Crippen LogP contribution is 2.36. The van der Waals surface area contributed by atoms with Gasteiger partial charge in [0.2, 0.25) is 0 Å². The maximum atomic E-state index is 10.1. The van der Waals surface area contributed by atoms with Crippen LogP contribution in [0.5, 0.6) is 11.5 Å². The molecule has 7 N–H and O–H groups in total. The van der Waals surface area contributed by atoms with Crippen molar-refractivity contribution in [3.63, 3.8) is 0 Å². The van der Waals surface area contributed by atoms with Gasteiger partial charge in [-0.15, -0.1) is 11.6 Å². The first-order valence-corrected chi connectivity index (χ1v) is 11.6. The summed E-state index contributed by atoms with van der Waals surface area (Å²) in [7, 11) is 0. The fourth-order valence-corrected chi connectivity index (χ4v) is 3.49. The topological polar surface area (TPSA) is 134 Å². The Kier molecular flexibility index (Phi) is 10.8. The van der Waals surface area contributed by atoms with Crippen LogP contribution in [0.4, 0.5) is 0 Å². The summed E-state index contributed by atoms with van der Waals surface area (Å²) in [6.45, 7) is 4.05. The van der Waals surface area contributed by atoms with E-state index in [0.29, 0.717) is 16.5 Å². The van der Waals surface area contributed by atoms with Crippen molar-refractivity contribution in [2.75, 3.05) is 32.2 Å². The van der Waals surface area contributed by atoms with E-state index in [2.05, 4.69) is 13.8 Å². The molecule has 0 saturated heterocycles. The molecular formula is C24H33Cl2N3O5. The van der Waals surface area contributed by atoms with E-state index in [4.69, 9.17) is 49.4 Å². The first-order chi connectivity index (χ1) is 16.1. The van der Waals surface area contributed by atoms with Gasteiger partial charge in [-0.05, 0) is 35.4 Å². The van der Waals surface area contributed by atoms with Crippen LogP contribution in [0.2, 0.25) is 5.02 Å². The molecule has 0 aliphatic carbocycles. The summed E-state index contributed by atoms with van der Waals surface area (Å²) < 4.78 is 11.2. The molecule has 0 spiro atoms. The minimum absolute atomic E-state index is 0.0405. The number of hydrazine groups is 1. The average Bonchev–Trinajstić information content (AvgIpc) is 2.81. The number of aliphatic hydroxyl groups excluding tert-OH is 3. The molecule has 0 radical (unpaired) electrons. The number of ether oxygens (including phenoxy) is 2. The molecule has 2 atom stereocenters. The second-order valence-corrected chi connectivity index (χ2v) is 9.15. The molecule has 10 heteroatoms. The molecule has 2 rings (SSSR count). The number of aliphatic hydroxyl groups is 3. The predicted octanol–water partition coefficient (Wildman–Crippen LogP) is 2.35. The summed E-state index contributed by atoms with van der Waals surface area (Å²) >= 11 is 12.0. The standard InChI is InChI=1S/C24H33Cl2N3O5/c1-24(2,17-5-8-23(22(26)9-17)34-14-19(31)10-25)16-3-6-21(7-4-16)33-15-20(32)12-29(28)11-18(27)13-30/h3-9,11,19-20,30-32H,10,12-15,27-28H2,1-2H3/b18-11-. The Morgan fingerprint density at radius 1 is 1.06 bits per heavy atom. The number of nitrogens with zero attached hydrogens (tertiary/aromatic N) is 1. The van der Waals surface area contributed by atoms with Gasteiger partial charge in [-0.25, -0.2) is 5.84 Å². The average molecular weight is 514 g/mol. The zero-order valence-electron chi connectivity index (χ0n) is 19.3. The van der Waals surface area contributed by atoms with Crippen LogP contribution in [0.15, 0.2) is 54.4 Å². The summed E-state index contributed by atoms with van der Waals surface area (Å²) in [6, 6.07) is 13.1. The van der Waals surface area contributed by atoms with Crippen LogP contribution in [0, 0.1) is 0 Å². The minimum atomic E-state index is -0.850. The maximum Gasteiger partial charge on any atom is 0.138 e. The Bertz CT molecular complexity index is 941. The second kappa shape index (κ2) is 13.0. The highest BCUT2D eigenvalue weighted by Gasteiger charge is 2.24. The lowest BCUT2D eigenvalue weighted by Crippen LogP contribution is -2.37. The summed E-state index contributed by atoms with van der Waals surface area (Å²) in [5, 5.41) is 30.2. The first-order valence-electron chi connectivity index (χ1n) is 10.7. The van der Waals surface area contributed by atoms with Crippen molar-refractivity contribution in [3.8, 4) is 11.5 Å². The lowest BCUT2D eigenvalue weighted by molar-refractivity contribution is 0.0815. The summed E-state index contributed by atoms with van der Waals surface area (Å²) in [5.41, 5.74) is 7.38. The van der Waals surface area contributed by atoms with E-state index >= 15 is 0 Å². The van der Waals surface area contributed by atoms with Crippen LogP contribution in [0.1, 0.15) is 25.0 Å². The van der Waals surface area contributed by atoms with Gasteiger partial charge in [-0.3, -0.25) is 0 Å². The number of alkyl halides is 1. The minimum Gasteiger partial charge on any atom is -0.491 e. The lowest BCUT2D eigenvalue weighted by Gasteiger charge is -2.27. The molecule has 0 bridgehead atoms. The molecule has 0 aliphatic heterocycles. The molecule has 8 nitrogen and oxygen atoms in total. The number of rotatable bonds is 13. The van der Waals surface area contributed by atoms with Gasteiger partial charge in [0.25, 0.3) is 0 Å². The van der Waals surface area contributed by atoms with E-state index < -0.39 is 12.2 Å². The SMILES string of the molecule is CC(C)(c1ccc(OCC(O)CN(N)/C=C(\N)CO)cc1)c1ccc(OCC(O)CCl)c(Cl)c1. The van der Waals surface area contributed by atoms with Crippen LogP contribution in [-0.4, -0.2) is 64.8 Å². The number of nitrogens with two attached hydrogens (primary N) is 2. The third-order valence-corrected chi connectivity index (χ3v) is 5.87. The fraction of sp³-hybridized carbons (Fsp3) is 0.417. The molecule has 0 amide bonds. The third kappa shape index (κ3) is 8.23. The van der Waals surface area contributed by atoms with Gasteiger partial charge in [-0.2, -0.15) is 0 Å². The van der Waals surface area contributed by atoms with E-state index in [-0.39, 0.29) is 43.4 Å². The Hall–Kier alpha value is -2.20. The molecule has 188 valence electrons. The van der Waals surface area contributed by atoms with Gasteiger partial charge >= 0.3 is 0 Å². The Labute approximate surface area is 210 Å². The van der Waals surface area contributed by atoms with Crippen molar-refractivity contribution in [2.45, 2.75) is 31.5 Å². The van der Waals surface area contributed by atoms with Crippen molar-refractivity contribution < 1.29 is 24.8 Å². The van der Waals surface area contributed by atoms with Crippen LogP contribution in [0.25, 0.3) is 0 Å². The molecule has 0 fully saturated rings. The van der Waals surface area contributed by atoms with Gasteiger partial charge in [0.15, 0.2) is 0 Å². The Morgan fingerprint density at radius 3 is 2.26 bits per heavy atom. The largest absolute Gasteiger partial charge is 0.491 e. The molecule has 0 saturated carbocycles. The number of benzene rings is 2. The van der Waals surface area contributed by atoms with Gasteiger partial charge in [0, 0.05) is 11.6 Å². The van der Waals surface area contributed by atoms with Crippen molar-refractivity contribution in [2.24, 2.45) is 11.6 Å². The highest BCUT2D eigenvalue weighted by atomic mass is 35.5. The van der Waals surface area contributed by atoms with Gasteiger partial charge in [-0.1, -0.05) is 43.6 Å². The van der Waals surface area contributed by atoms with E-state index in [9.17, 15) is 10.2 Å². The van der Waals surface area contributed by atoms with Gasteiger partial charge in [0.1, 0.15) is 36.9 Å². The fourth-order valence-electron chi connectivity index (χ4n) is 3.17. The molecular weight excluding hydrogens is 481 g/mol. The van der Waals surface area contributed by atoms with Crippen LogP contribution in [0.3, 0.4) is 0 Å². The first kappa shape index (κ1) is 28.0. The summed E-state index contributed by atoms with van der Waals surface area (Å²) in [4.78, 5) is 0. The van der Waals surface area contributed by atoms with E-state index in [0.717, 1.165) is 11.1 Å². The second-order valence-electron chi connectivity index (χ2n) is 8.44. The smallest absolute Gasteiger partial charge is 0.138 e. The monoisotopic (exact) mass is 513 g/mol. The van der Waals surface area contributed by atoms with Crippen molar-refractivity contribution >= 4 is 23.2 Å². The molecule has 0 aromatic heterocycles. The van der Waals surface area contributed by atoms with Gasteiger partial charge < -0.3 is 35.5 Å². The van der Waals surface area contributed by atoms with Gasteiger partial charge in [0.05, 0.1) is 29.8 Å². The van der Waals surface area contributed by atoms with Crippen molar-refractivity contribution in [3.05, 3.63) is 70.5 Å². The van der Waals surface area contributed by atoms with Crippen molar-refractivity contribution in [1.29, 1.82) is 0 Å². The molecule has 2 aromatic rings. The van der Waals surface area contributed by atoms with Crippen LogP contribution >= 0.6 is 23.2 Å². The molecule has 2 unspecified atom stereocenters. The normalized spacial score (nSPS) is 13.9. The number of halogens is 2. The maximum absolute atomic E-state index is 10.1. The Morgan fingerprint density at radius 2 is 1.68 bits per heavy atom. The zero-order valence-corrected chi connectivity index (χ0v) is 20.8. The number of hydrogen-bond acceptors (Lipinski definition) is 8. The van der Waals surface area contributed by atoms with E-state index in [1.165, 1.54) is 11.2 Å². The van der Waals surface area contributed by atoms with E-state index in [1.807, 2.05) is 36.4 Å². The summed E-state index contributed by atoms with van der Waals surface area (Å²) in [6.07, 6.45) is -0.252. The molecule has 0 heterocycles. The quantitative estimate of drug-likeness (QED) is 0.156. The molecule has 0 aliphatic rings. The lowest BCUT2D eigenvalue weighted by atomic mass is 9.78. The third-order valence-electron chi connectivity index (χ3n) is 5.22. The van der Waals surface area contributed by atoms with Crippen LogP contribution in [-0.2, 0) is 5.41 Å². The van der Waals surface area contributed by atoms with Crippen molar-refractivity contribution in [1.82, 2.24) is 5.01 Å². The molecule has 34 heavy (non-hydrogen) atoms. The predicted molar refractivity (Wildman–Crippen MR) is 134 cm³/mol. The number of hydrogen-bond donors (Lipinski definition) is 5.